The summed E-state index contributed by atoms with van der Waals surface area (Å²) >= 11 is -0.0633. The summed E-state index contributed by atoms with van der Waals surface area (Å²) in [7, 11) is 0. The Balaban J connectivity index is 1.80. The van der Waals surface area contributed by atoms with Gasteiger partial charge in [0.15, 0.2) is 0 Å². The van der Waals surface area contributed by atoms with Crippen LogP contribution in [0.15, 0.2) is 0 Å². The first-order valence-electron chi connectivity index (χ1n) is 6.05. The molecule has 0 amide bonds. The van der Waals surface area contributed by atoms with Crippen molar-refractivity contribution < 1.29 is 23.1 Å². The average molecular weight is 283 g/mol. The monoisotopic (exact) mass is 283 g/mol. The number of thioether (sulfide) groups is 1. The average Bonchev–Trinajstić information content (AvgIpc) is 2.82. The lowest BCUT2D eigenvalue weighted by atomic mass is 9.84. The van der Waals surface area contributed by atoms with E-state index in [9.17, 15) is 18.0 Å². The summed E-state index contributed by atoms with van der Waals surface area (Å²) in [6.45, 7) is 0.210. The van der Waals surface area contributed by atoms with Crippen molar-refractivity contribution in [3.63, 3.8) is 0 Å². The summed E-state index contributed by atoms with van der Waals surface area (Å²) in [4.78, 5) is 11.2. The molecule has 2 rings (SSSR count). The molecular weight excluding hydrogens is 267 g/mol. The van der Waals surface area contributed by atoms with E-state index in [0.29, 0.717) is 5.92 Å². The number of halogens is 3. The minimum absolute atomic E-state index is 0.0633. The molecule has 104 valence electrons. The van der Waals surface area contributed by atoms with E-state index >= 15 is 0 Å². The number of hydrogen-bond acceptors (Lipinski definition) is 3. The Morgan fingerprint density at radius 3 is 2.61 bits per heavy atom. The standard InChI is InChI=1S/C11H16F3NO2S/c12-11(13,14)18-4-3-15-9-7-2-1-6(5-7)8(9)10(16)17/h6-9,15H,1-5H2,(H,16,17). The highest BCUT2D eigenvalue weighted by Crippen LogP contribution is 2.48. The fourth-order valence-electron chi connectivity index (χ4n) is 3.33. The normalized spacial score (nSPS) is 35.1. The molecule has 2 aliphatic rings. The predicted molar refractivity (Wildman–Crippen MR) is 62.3 cm³/mol. The number of nitrogens with one attached hydrogen (secondary N) is 1. The quantitative estimate of drug-likeness (QED) is 0.760. The zero-order chi connectivity index (χ0) is 13.3. The van der Waals surface area contributed by atoms with E-state index in [1.807, 2.05) is 0 Å². The highest BCUT2D eigenvalue weighted by atomic mass is 32.2. The molecule has 0 aliphatic heterocycles. The van der Waals surface area contributed by atoms with Gasteiger partial charge in [-0.05, 0) is 42.9 Å². The van der Waals surface area contributed by atoms with E-state index in [0.717, 1.165) is 19.3 Å². The van der Waals surface area contributed by atoms with Gasteiger partial charge in [-0.3, -0.25) is 4.79 Å². The molecule has 4 unspecified atom stereocenters. The summed E-state index contributed by atoms with van der Waals surface area (Å²) in [6.07, 6.45) is 2.84. The Morgan fingerprint density at radius 1 is 1.33 bits per heavy atom. The van der Waals surface area contributed by atoms with Gasteiger partial charge in [-0.1, -0.05) is 0 Å². The van der Waals surface area contributed by atoms with Crippen molar-refractivity contribution in [1.29, 1.82) is 0 Å². The molecule has 4 atom stereocenters. The first-order chi connectivity index (χ1) is 8.38. The molecule has 0 radical (unpaired) electrons. The molecule has 18 heavy (non-hydrogen) atoms. The van der Waals surface area contributed by atoms with Gasteiger partial charge in [-0.15, -0.1) is 0 Å². The van der Waals surface area contributed by atoms with Gasteiger partial charge in [0.2, 0.25) is 0 Å². The first-order valence-corrected chi connectivity index (χ1v) is 7.04. The third-order valence-electron chi connectivity index (χ3n) is 3.95. The zero-order valence-electron chi connectivity index (χ0n) is 9.74. The van der Waals surface area contributed by atoms with Crippen molar-refractivity contribution in [2.45, 2.75) is 30.8 Å². The van der Waals surface area contributed by atoms with Crippen LogP contribution in [0.1, 0.15) is 19.3 Å². The molecule has 3 nitrogen and oxygen atoms in total. The summed E-state index contributed by atoms with van der Waals surface area (Å²) < 4.78 is 35.9. The SMILES string of the molecule is O=C(O)C1C2CCC(C2)C1NCCSC(F)(F)F. The topological polar surface area (TPSA) is 49.3 Å². The van der Waals surface area contributed by atoms with Crippen molar-refractivity contribution in [2.75, 3.05) is 12.3 Å². The van der Waals surface area contributed by atoms with Gasteiger partial charge in [0, 0.05) is 18.3 Å². The smallest absolute Gasteiger partial charge is 0.441 e. The molecular formula is C11H16F3NO2S. The number of carboxylic acid groups (broad SMARTS) is 1. The van der Waals surface area contributed by atoms with Crippen LogP contribution in [0.2, 0.25) is 0 Å². The molecule has 0 heterocycles. The molecule has 0 spiro atoms. The maximum absolute atomic E-state index is 12.0. The third-order valence-corrected chi connectivity index (χ3v) is 4.68. The Morgan fingerprint density at radius 2 is 2.00 bits per heavy atom. The van der Waals surface area contributed by atoms with Crippen molar-refractivity contribution in [3.8, 4) is 0 Å². The van der Waals surface area contributed by atoms with Crippen LogP contribution in [0.5, 0.6) is 0 Å². The molecule has 2 N–H and O–H groups in total. The molecule has 2 bridgehead atoms. The van der Waals surface area contributed by atoms with Gasteiger partial charge in [0.1, 0.15) is 0 Å². The largest absolute Gasteiger partial charge is 0.481 e. The minimum atomic E-state index is -4.21. The fourth-order valence-corrected chi connectivity index (χ4v) is 3.78. The molecule has 7 heteroatoms. The Labute approximate surface area is 108 Å². The molecule has 0 aromatic heterocycles. The van der Waals surface area contributed by atoms with Crippen LogP contribution in [0.25, 0.3) is 0 Å². The van der Waals surface area contributed by atoms with E-state index in [2.05, 4.69) is 5.32 Å². The maximum atomic E-state index is 12.0. The van der Waals surface area contributed by atoms with Gasteiger partial charge < -0.3 is 10.4 Å². The second-order valence-electron chi connectivity index (χ2n) is 4.97. The number of carboxylic acids is 1. The van der Waals surface area contributed by atoms with Crippen LogP contribution in [0.3, 0.4) is 0 Å². The number of aliphatic carboxylic acids is 1. The third kappa shape index (κ3) is 3.12. The summed E-state index contributed by atoms with van der Waals surface area (Å²) in [5.74, 6) is -0.765. The Kier molecular flexibility index (Phi) is 4.11. The van der Waals surface area contributed by atoms with E-state index in [1.54, 1.807) is 0 Å². The molecule has 0 aromatic carbocycles. The lowest BCUT2D eigenvalue weighted by Gasteiger charge is -2.29. The molecule has 0 aromatic rings. The van der Waals surface area contributed by atoms with Gasteiger partial charge in [-0.25, -0.2) is 0 Å². The minimum Gasteiger partial charge on any atom is -0.481 e. The maximum Gasteiger partial charge on any atom is 0.441 e. The second-order valence-corrected chi connectivity index (χ2v) is 6.13. The van der Waals surface area contributed by atoms with Gasteiger partial charge in [-0.2, -0.15) is 13.2 Å². The first kappa shape index (κ1) is 14.0. The lowest BCUT2D eigenvalue weighted by molar-refractivity contribution is -0.144. The predicted octanol–water partition coefficient (Wildman–Crippen LogP) is 2.33. The zero-order valence-corrected chi connectivity index (χ0v) is 10.6. The summed E-state index contributed by atoms with van der Waals surface area (Å²) in [6, 6.07) is -0.143. The molecule has 2 saturated carbocycles. The van der Waals surface area contributed by atoms with Crippen LogP contribution in [-0.4, -0.2) is 34.9 Å². The number of hydrogen-bond donors (Lipinski definition) is 2. The van der Waals surface area contributed by atoms with Gasteiger partial charge in [0.25, 0.3) is 0 Å². The fraction of sp³-hybridized carbons (Fsp3) is 0.909. The Hall–Kier alpha value is -0.430. The highest BCUT2D eigenvalue weighted by Gasteiger charge is 2.50. The van der Waals surface area contributed by atoms with E-state index in [1.165, 1.54) is 0 Å². The number of rotatable bonds is 5. The number of fused-ring (bicyclic) bond motifs is 2. The summed E-state index contributed by atoms with van der Waals surface area (Å²) in [5.41, 5.74) is -4.21. The van der Waals surface area contributed by atoms with E-state index in [4.69, 9.17) is 5.11 Å². The molecule has 0 saturated heterocycles. The van der Waals surface area contributed by atoms with E-state index < -0.39 is 17.4 Å². The van der Waals surface area contributed by atoms with Crippen LogP contribution < -0.4 is 5.32 Å². The van der Waals surface area contributed by atoms with Crippen molar-refractivity contribution in [2.24, 2.45) is 17.8 Å². The molecule has 2 fully saturated rings. The van der Waals surface area contributed by atoms with Crippen molar-refractivity contribution >= 4 is 17.7 Å². The lowest BCUT2D eigenvalue weighted by Crippen LogP contribution is -2.45. The van der Waals surface area contributed by atoms with Crippen molar-refractivity contribution in [1.82, 2.24) is 5.32 Å². The number of carbonyl (C=O) groups is 1. The summed E-state index contributed by atoms with van der Waals surface area (Å²) in [5, 5.41) is 12.2. The van der Waals surface area contributed by atoms with Crippen LogP contribution in [0, 0.1) is 17.8 Å². The highest BCUT2D eigenvalue weighted by molar-refractivity contribution is 8.00. The second kappa shape index (κ2) is 5.28. The Bertz CT molecular complexity index is 324. The molecule has 2 aliphatic carbocycles. The van der Waals surface area contributed by atoms with E-state index in [-0.39, 0.29) is 36.0 Å². The van der Waals surface area contributed by atoms with Crippen LogP contribution >= 0.6 is 11.8 Å². The van der Waals surface area contributed by atoms with Crippen LogP contribution in [0.4, 0.5) is 13.2 Å². The van der Waals surface area contributed by atoms with Crippen molar-refractivity contribution in [3.05, 3.63) is 0 Å². The van der Waals surface area contributed by atoms with Gasteiger partial charge in [0.05, 0.1) is 5.92 Å². The van der Waals surface area contributed by atoms with Crippen LogP contribution in [-0.2, 0) is 4.79 Å². The number of alkyl halides is 3. The van der Waals surface area contributed by atoms with Gasteiger partial charge >= 0.3 is 11.5 Å².